The quantitative estimate of drug-likeness (QED) is 0.545. The van der Waals surface area contributed by atoms with Crippen molar-refractivity contribution >= 4 is 0 Å². The Morgan fingerprint density at radius 3 is 2.55 bits per heavy atom. The Morgan fingerprint density at radius 1 is 1.00 bits per heavy atom. The molecule has 0 amide bonds. The van der Waals surface area contributed by atoms with E-state index in [0.29, 0.717) is 17.9 Å². The SMILES string of the molecule is NC1CCC2C(O)CCCC12. The minimum Gasteiger partial charge on any atom is -0.393 e. The average Bonchev–Trinajstić information content (AvgIpc) is 2.35. The van der Waals surface area contributed by atoms with Crippen LogP contribution in [0.1, 0.15) is 32.1 Å². The van der Waals surface area contributed by atoms with Gasteiger partial charge in [-0.2, -0.15) is 0 Å². The summed E-state index contributed by atoms with van der Waals surface area (Å²) in [6.45, 7) is 0. The third-order valence-corrected chi connectivity index (χ3v) is 3.46. The number of hydrogen-bond donors (Lipinski definition) is 2. The maximum atomic E-state index is 9.64. The van der Waals surface area contributed by atoms with Gasteiger partial charge in [-0.1, -0.05) is 6.42 Å². The van der Waals surface area contributed by atoms with Gasteiger partial charge in [-0.15, -0.1) is 0 Å². The predicted molar refractivity (Wildman–Crippen MR) is 44.0 cm³/mol. The van der Waals surface area contributed by atoms with Crippen LogP contribution >= 0.6 is 0 Å². The second-order valence-corrected chi connectivity index (χ2v) is 4.07. The topological polar surface area (TPSA) is 46.2 Å². The van der Waals surface area contributed by atoms with Crippen molar-refractivity contribution in [1.82, 2.24) is 0 Å². The molecule has 11 heavy (non-hydrogen) atoms. The first kappa shape index (κ1) is 7.56. The van der Waals surface area contributed by atoms with Crippen molar-refractivity contribution in [3.63, 3.8) is 0 Å². The maximum absolute atomic E-state index is 9.64. The average molecular weight is 155 g/mol. The van der Waals surface area contributed by atoms with Gasteiger partial charge in [-0.3, -0.25) is 0 Å². The van der Waals surface area contributed by atoms with Gasteiger partial charge in [0.2, 0.25) is 0 Å². The first-order valence-electron chi connectivity index (χ1n) is 4.72. The predicted octanol–water partition coefficient (Wildman–Crippen LogP) is 0.885. The smallest absolute Gasteiger partial charge is 0.0571 e. The summed E-state index contributed by atoms with van der Waals surface area (Å²) < 4.78 is 0. The molecule has 2 rings (SSSR count). The zero-order chi connectivity index (χ0) is 7.84. The monoisotopic (exact) mass is 155 g/mol. The van der Waals surface area contributed by atoms with E-state index in [0.717, 1.165) is 19.3 Å². The molecule has 4 atom stereocenters. The third kappa shape index (κ3) is 1.18. The summed E-state index contributed by atoms with van der Waals surface area (Å²) in [4.78, 5) is 0. The Balaban J connectivity index is 2.07. The Hall–Kier alpha value is -0.0800. The lowest BCUT2D eigenvalue weighted by Crippen LogP contribution is -2.35. The van der Waals surface area contributed by atoms with Crippen molar-refractivity contribution in [3.05, 3.63) is 0 Å². The van der Waals surface area contributed by atoms with E-state index in [1.807, 2.05) is 0 Å². The fourth-order valence-corrected chi connectivity index (χ4v) is 2.81. The molecule has 2 fully saturated rings. The minimum atomic E-state index is -0.0395. The number of aliphatic hydroxyl groups is 1. The highest BCUT2D eigenvalue weighted by atomic mass is 16.3. The molecule has 0 radical (unpaired) electrons. The number of hydrogen-bond acceptors (Lipinski definition) is 2. The highest BCUT2D eigenvalue weighted by Gasteiger charge is 2.39. The van der Waals surface area contributed by atoms with Gasteiger partial charge < -0.3 is 10.8 Å². The summed E-state index contributed by atoms with van der Waals surface area (Å²) in [6, 6.07) is 0.384. The normalized spacial score (nSPS) is 50.7. The van der Waals surface area contributed by atoms with E-state index in [2.05, 4.69) is 0 Å². The molecule has 0 aliphatic heterocycles. The maximum Gasteiger partial charge on any atom is 0.0571 e. The Kier molecular flexibility index (Phi) is 1.90. The summed E-state index contributed by atoms with van der Waals surface area (Å²) in [5.41, 5.74) is 5.94. The molecular formula is C9H17NO. The summed E-state index contributed by atoms with van der Waals surface area (Å²) in [5, 5.41) is 9.64. The molecular weight excluding hydrogens is 138 g/mol. The van der Waals surface area contributed by atoms with Gasteiger partial charge in [0.1, 0.15) is 0 Å². The van der Waals surface area contributed by atoms with E-state index in [1.165, 1.54) is 12.8 Å². The lowest BCUT2D eigenvalue weighted by molar-refractivity contribution is 0.0446. The van der Waals surface area contributed by atoms with E-state index in [4.69, 9.17) is 5.73 Å². The Labute approximate surface area is 67.8 Å². The molecule has 64 valence electrons. The molecule has 0 saturated heterocycles. The fraction of sp³-hybridized carbons (Fsp3) is 1.00. The molecule has 0 aromatic carbocycles. The van der Waals surface area contributed by atoms with Crippen LogP contribution in [0.5, 0.6) is 0 Å². The molecule has 2 aliphatic carbocycles. The highest BCUT2D eigenvalue weighted by Crippen LogP contribution is 2.41. The standard InChI is InChI=1S/C9H17NO/c10-8-5-4-7-6(8)2-1-3-9(7)11/h6-9,11H,1-5,10H2. The van der Waals surface area contributed by atoms with E-state index in [-0.39, 0.29) is 6.10 Å². The second kappa shape index (κ2) is 2.76. The van der Waals surface area contributed by atoms with Crippen LogP contribution < -0.4 is 5.73 Å². The van der Waals surface area contributed by atoms with Crippen molar-refractivity contribution in [1.29, 1.82) is 0 Å². The van der Waals surface area contributed by atoms with Crippen molar-refractivity contribution in [2.24, 2.45) is 17.6 Å². The van der Waals surface area contributed by atoms with Crippen molar-refractivity contribution in [3.8, 4) is 0 Å². The van der Waals surface area contributed by atoms with E-state index in [9.17, 15) is 5.11 Å². The van der Waals surface area contributed by atoms with E-state index >= 15 is 0 Å². The van der Waals surface area contributed by atoms with Crippen LogP contribution in [0.3, 0.4) is 0 Å². The molecule has 3 N–H and O–H groups in total. The van der Waals surface area contributed by atoms with Crippen LogP contribution in [0, 0.1) is 11.8 Å². The van der Waals surface area contributed by atoms with Gasteiger partial charge in [-0.05, 0) is 37.5 Å². The van der Waals surface area contributed by atoms with Crippen molar-refractivity contribution < 1.29 is 5.11 Å². The molecule has 2 aliphatic rings. The summed E-state index contributed by atoms with van der Waals surface area (Å²) >= 11 is 0. The van der Waals surface area contributed by atoms with Crippen LogP contribution in [0.15, 0.2) is 0 Å². The third-order valence-electron chi connectivity index (χ3n) is 3.46. The fourth-order valence-electron chi connectivity index (χ4n) is 2.81. The number of rotatable bonds is 0. The number of nitrogens with two attached hydrogens (primary N) is 1. The van der Waals surface area contributed by atoms with Gasteiger partial charge >= 0.3 is 0 Å². The molecule has 2 nitrogen and oxygen atoms in total. The van der Waals surface area contributed by atoms with Crippen LogP contribution in [0.25, 0.3) is 0 Å². The molecule has 0 heterocycles. The molecule has 4 unspecified atom stereocenters. The molecule has 0 aromatic rings. The Morgan fingerprint density at radius 2 is 1.82 bits per heavy atom. The van der Waals surface area contributed by atoms with Gasteiger partial charge in [0.15, 0.2) is 0 Å². The largest absolute Gasteiger partial charge is 0.393 e. The molecule has 0 aromatic heterocycles. The van der Waals surface area contributed by atoms with E-state index < -0.39 is 0 Å². The lowest BCUT2D eigenvalue weighted by Gasteiger charge is -2.31. The van der Waals surface area contributed by atoms with Crippen LogP contribution in [0.4, 0.5) is 0 Å². The van der Waals surface area contributed by atoms with Gasteiger partial charge in [0.05, 0.1) is 6.10 Å². The summed E-state index contributed by atoms with van der Waals surface area (Å²) in [5.74, 6) is 1.18. The summed E-state index contributed by atoms with van der Waals surface area (Å²) in [7, 11) is 0. The van der Waals surface area contributed by atoms with Crippen molar-refractivity contribution in [2.75, 3.05) is 0 Å². The van der Waals surface area contributed by atoms with Crippen LogP contribution in [-0.4, -0.2) is 17.3 Å². The van der Waals surface area contributed by atoms with Crippen LogP contribution in [0.2, 0.25) is 0 Å². The van der Waals surface area contributed by atoms with Gasteiger partial charge in [-0.25, -0.2) is 0 Å². The summed E-state index contributed by atoms with van der Waals surface area (Å²) in [6.07, 6.45) is 5.69. The second-order valence-electron chi connectivity index (χ2n) is 4.07. The Bertz CT molecular complexity index is 146. The van der Waals surface area contributed by atoms with Crippen molar-refractivity contribution in [2.45, 2.75) is 44.2 Å². The molecule has 0 bridgehead atoms. The number of aliphatic hydroxyl groups excluding tert-OH is 1. The van der Waals surface area contributed by atoms with Gasteiger partial charge in [0.25, 0.3) is 0 Å². The number of fused-ring (bicyclic) bond motifs is 1. The van der Waals surface area contributed by atoms with Crippen LogP contribution in [-0.2, 0) is 0 Å². The molecule has 0 spiro atoms. The molecule has 2 heteroatoms. The zero-order valence-electron chi connectivity index (χ0n) is 6.87. The minimum absolute atomic E-state index is 0.0395. The van der Waals surface area contributed by atoms with Gasteiger partial charge in [0, 0.05) is 6.04 Å². The first-order chi connectivity index (χ1) is 5.29. The highest BCUT2D eigenvalue weighted by molar-refractivity contribution is 4.93. The molecule has 2 saturated carbocycles. The lowest BCUT2D eigenvalue weighted by atomic mass is 9.78. The zero-order valence-corrected chi connectivity index (χ0v) is 6.87. The first-order valence-corrected chi connectivity index (χ1v) is 4.72. The van der Waals surface area contributed by atoms with E-state index in [1.54, 1.807) is 0 Å².